The van der Waals surface area contributed by atoms with Gasteiger partial charge in [-0.25, -0.2) is 0 Å². The van der Waals surface area contributed by atoms with Crippen molar-refractivity contribution in [1.82, 2.24) is 15.1 Å². The van der Waals surface area contributed by atoms with E-state index in [4.69, 9.17) is 4.74 Å². The van der Waals surface area contributed by atoms with Crippen LogP contribution in [0.1, 0.15) is 36.7 Å². The molecule has 1 N–H and O–H groups in total. The number of ether oxygens (including phenoxy) is 1. The van der Waals surface area contributed by atoms with E-state index in [1.54, 1.807) is 7.11 Å². The molecule has 0 saturated carbocycles. The van der Waals surface area contributed by atoms with Crippen LogP contribution < -0.4 is 5.32 Å². The molecule has 5 heteroatoms. The Bertz CT molecular complexity index is 556. The number of halogens is 1. The van der Waals surface area contributed by atoms with Crippen molar-refractivity contribution in [2.24, 2.45) is 0 Å². The van der Waals surface area contributed by atoms with Gasteiger partial charge in [0.2, 0.25) is 0 Å². The second kappa shape index (κ2) is 7.73. The van der Waals surface area contributed by atoms with Crippen molar-refractivity contribution in [1.29, 1.82) is 0 Å². The van der Waals surface area contributed by atoms with E-state index in [9.17, 15) is 0 Å². The Morgan fingerprint density at radius 2 is 2.05 bits per heavy atom. The highest BCUT2D eigenvalue weighted by Gasteiger charge is 2.28. The Balaban J connectivity index is 2.40. The summed E-state index contributed by atoms with van der Waals surface area (Å²) in [7, 11) is 3.70. The lowest BCUT2D eigenvalue weighted by molar-refractivity contribution is 0.0670. The predicted molar refractivity (Wildman–Crippen MR) is 88.2 cm³/mol. The zero-order valence-electron chi connectivity index (χ0n) is 12.7. The molecular weight excluding hydrogens is 330 g/mol. The molecule has 0 saturated heterocycles. The number of nitrogens with one attached hydrogen (secondary N) is 1. The lowest BCUT2D eigenvalue weighted by Gasteiger charge is -2.27. The van der Waals surface area contributed by atoms with E-state index in [0.717, 1.165) is 28.7 Å². The minimum atomic E-state index is -0.0696. The third kappa shape index (κ3) is 3.54. The van der Waals surface area contributed by atoms with E-state index in [0.29, 0.717) is 0 Å². The molecule has 0 radical (unpaired) electrons. The fraction of sp³-hybridized carbons (Fsp3) is 0.438. The van der Waals surface area contributed by atoms with Crippen LogP contribution in [0.25, 0.3) is 0 Å². The van der Waals surface area contributed by atoms with Crippen LogP contribution in [0, 0.1) is 0 Å². The predicted octanol–water partition coefficient (Wildman–Crippen LogP) is 3.70. The molecule has 0 aliphatic rings. The number of aryl methyl sites for hydroxylation is 1. The number of likely N-dealkylation sites (N-methyl/N-ethyl adjacent to an activating group) is 1. The average molecular weight is 352 g/mol. The molecule has 2 rings (SSSR count). The summed E-state index contributed by atoms with van der Waals surface area (Å²) in [6.07, 6.45) is 2.83. The maximum atomic E-state index is 5.78. The molecule has 0 aliphatic carbocycles. The fourth-order valence-electron chi connectivity index (χ4n) is 2.61. The minimum absolute atomic E-state index is 0.0285. The van der Waals surface area contributed by atoms with E-state index < -0.39 is 0 Å². The number of benzene rings is 1. The van der Waals surface area contributed by atoms with Gasteiger partial charge in [-0.3, -0.25) is 4.68 Å². The van der Waals surface area contributed by atoms with Crippen LogP contribution in [-0.2, 0) is 11.3 Å². The number of rotatable bonds is 7. The summed E-state index contributed by atoms with van der Waals surface area (Å²) in [4.78, 5) is 0. The second-order valence-electron chi connectivity index (χ2n) is 4.93. The zero-order chi connectivity index (χ0) is 15.2. The molecule has 21 heavy (non-hydrogen) atoms. The van der Waals surface area contributed by atoms with Crippen LogP contribution in [0.4, 0.5) is 0 Å². The molecule has 0 spiro atoms. The molecule has 1 aromatic heterocycles. The van der Waals surface area contributed by atoms with Gasteiger partial charge in [-0.2, -0.15) is 5.10 Å². The summed E-state index contributed by atoms with van der Waals surface area (Å²) in [5, 5.41) is 7.84. The van der Waals surface area contributed by atoms with Gasteiger partial charge in [-0.15, -0.1) is 0 Å². The summed E-state index contributed by atoms with van der Waals surface area (Å²) < 4.78 is 8.83. The number of hydrogen-bond acceptors (Lipinski definition) is 3. The molecule has 114 valence electrons. The molecule has 1 heterocycles. The molecule has 0 bridgehead atoms. The first kappa shape index (κ1) is 16.2. The number of nitrogens with zero attached hydrogens (tertiary/aromatic N) is 2. The lowest BCUT2D eigenvalue weighted by atomic mass is 9.99. The van der Waals surface area contributed by atoms with Crippen LogP contribution in [0.5, 0.6) is 0 Å². The highest BCUT2D eigenvalue weighted by Crippen LogP contribution is 2.35. The van der Waals surface area contributed by atoms with Gasteiger partial charge in [0.15, 0.2) is 0 Å². The van der Waals surface area contributed by atoms with Crippen LogP contribution >= 0.6 is 15.9 Å². The summed E-state index contributed by atoms with van der Waals surface area (Å²) >= 11 is 3.62. The third-order valence-corrected chi connectivity index (χ3v) is 4.17. The molecular formula is C16H22BrN3O. The first-order valence-electron chi connectivity index (χ1n) is 7.19. The van der Waals surface area contributed by atoms with Crippen molar-refractivity contribution in [2.45, 2.75) is 32.0 Å². The van der Waals surface area contributed by atoms with Gasteiger partial charge in [0.1, 0.15) is 6.10 Å². The van der Waals surface area contributed by atoms with Gasteiger partial charge >= 0.3 is 0 Å². The highest BCUT2D eigenvalue weighted by molar-refractivity contribution is 9.10. The van der Waals surface area contributed by atoms with Crippen LogP contribution in [-0.4, -0.2) is 23.9 Å². The molecule has 4 nitrogen and oxygen atoms in total. The van der Waals surface area contributed by atoms with Crippen molar-refractivity contribution in [2.75, 3.05) is 14.2 Å². The quantitative estimate of drug-likeness (QED) is 0.826. The summed E-state index contributed by atoms with van der Waals surface area (Å²) in [5.41, 5.74) is 2.27. The van der Waals surface area contributed by atoms with Gasteiger partial charge in [0.05, 0.1) is 22.4 Å². The fourth-order valence-corrected chi connectivity index (χ4v) is 3.15. The summed E-state index contributed by atoms with van der Waals surface area (Å²) in [5.74, 6) is 0. The first-order valence-corrected chi connectivity index (χ1v) is 7.98. The maximum absolute atomic E-state index is 5.78. The number of hydrogen-bond donors (Lipinski definition) is 1. The summed E-state index contributed by atoms with van der Waals surface area (Å²) in [6, 6.07) is 10.3. The topological polar surface area (TPSA) is 39.1 Å². The Labute approximate surface area is 134 Å². The molecule has 1 aromatic carbocycles. The van der Waals surface area contributed by atoms with Crippen molar-refractivity contribution < 1.29 is 4.74 Å². The maximum Gasteiger partial charge on any atom is 0.103 e. The van der Waals surface area contributed by atoms with E-state index in [-0.39, 0.29) is 12.1 Å². The van der Waals surface area contributed by atoms with E-state index in [1.807, 2.05) is 36.1 Å². The van der Waals surface area contributed by atoms with E-state index in [1.165, 1.54) is 0 Å². The Hall–Kier alpha value is -1.17. The molecule has 0 fully saturated rings. The molecule has 0 aliphatic heterocycles. The van der Waals surface area contributed by atoms with Crippen LogP contribution in [0.15, 0.2) is 41.0 Å². The van der Waals surface area contributed by atoms with Gasteiger partial charge in [0.25, 0.3) is 0 Å². The van der Waals surface area contributed by atoms with Crippen molar-refractivity contribution >= 4 is 15.9 Å². The van der Waals surface area contributed by atoms with Gasteiger partial charge in [-0.05, 0) is 35.0 Å². The zero-order valence-corrected chi connectivity index (χ0v) is 14.3. The Kier molecular flexibility index (Phi) is 5.96. The van der Waals surface area contributed by atoms with Crippen molar-refractivity contribution in [3.63, 3.8) is 0 Å². The van der Waals surface area contributed by atoms with Crippen LogP contribution in [0.3, 0.4) is 0 Å². The SMILES string of the molecule is CCCn1ncc(Br)c1C(NC)C(OC)c1ccccc1. The van der Waals surface area contributed by atoms with Gasteiger partial charge < -0.3 is 10.1 Å². The van der Waals surface area contributed by atoms with Gasteiger partial charge in [-0.1, -0.05) is 37.3 Å². The van der Waals surface area contributed by atoms with E-state index >= 15 is 0 Å². The first-order chi connectivity index (χ1) is 10.2. The third-order valence-electron chi connectivity index (χ3n) is 3.56. The number of methoxy groups -OCH3 is 1. The lowest BCUT2D eigenvalue weighted by Crippen LogP contribution is -2.28. The Morgan fingerprint density at radius 1 is 1.33 bits per heavy atom. The molecule has 2 unspecified atom stereocenters. The molecule has 2 atom stereocenters. The van der Waals surface area contributed by atoms with Gasteiger partial charge in [0, 0.05) is 13.7 Å². The minimum Gasteiger partial charge on any atom is -0.375 e. The standard InChI is InChI=1S/C16H22BrN3O/c1-4-10-20-15(13(17)11-19-20)14(18-2)16(21-3)12-8-6-5-7-9-12/h5-9,11,14,16,18H,4,10H2,1-3H3. The van der Waals surface area contributed by atoms with E-state index in [2.05, 4.69) is 45.4 Å². The summed E-state index contributed by atoms with van der Waals surface area (Å²) in [6.45, 7) is 3.04. The largest absolute Gasteiger partial charge is 0.375 e. The highest BCUT2D eigenvalue weighted by atomic mass is 79.9. The second-order valence-corrected chi connectivity index (χ2v) is 5.79. The molecule has 2 aromatic rings. The normalized spacial score (nSPS) is 14.1. The van der Waals surface area contributed by atoms with Crippen molar-refractivity contribution in [3.8, 4) is 0 Å². The molecule has 0 amide bonds. The van der Waals surface area contributed by atoms with Crippen LogP contribution in [0.2, 0.25) is 0 Å². The Morgan fingerprint density at radius 3 is 2.62 bits per heavy atom. The van der Waals surface area contributed by atoms with Crippen molar-refractivity contribution in [3.05, 3.63) is 52.3 Å². The average Bonchev–Trinajstić information content (AvgIpc) is 2.87. The number of aromatic nitrogens is 2. The monoisotopic (exact) mass is 351 g/mol. The smallest absolute Gasteiger partial charge is 0.103 e.